The number of anilines is 1. The molecule has 0 spiro atoms. The molecule has 0 radical (unpaired) electrons. The maximum absolute atomic E-state index is 12.0. The molecule has 0 bridgehead atoms. The van der Waals surface area contributed by atoms with Crippen LogP contribution in [0.1, 0.15) is 25.8 Å². The summed E-state index contributed by atoms with van der Waals surface area (Å²) in [5.41, 5.74) is 1.70. The van der Waals surface area contributed by atoms with E-state index < -0.39 is 5.63 Å². The van der Waals surface area contributed by atoms with E-state index in [1.54, 1.807) is 6.07 Å². The summed E-state index contributed by atoms with van der Waals surface area (Å²) in [5, 5.41) is 0.857. The van der Waals surface area contributed by atoms with Gasteiger partial charge in [0.2, 0.25) is 0 Å². The smallest absolute Gasteiger partial charge is 0.339 e. The molecular formula is C17H21NO4. The molecule has 0 saturated carbocycles. The third kappa shape index (κ3) is 3.47. The molecule has 2 rings (SSSR count). The molecule has 0 atom stereocenters. The predicted molar refractivity (Wildman–Crippen MR) is 86.4 cm³/mol. The maximum atomic E-state index is 12.0. The SMILES string of the molecule is CCN(CC)c1ccc2cc(CCC(=O)OC)c(=O)oc2c1. The van der Waals surface area contributed by atoms with Gasteiger partial charge < -0.3 is 14.1 Å². The lowest BCUT2D eigenvalue weighted by atomic mass is 10.1. The Labute approximate surface area is 129 Å². The molecule has 0 N–H and O–H groups in total. The normalized spacial score (nSPS) is 10.7. The van der Waals surface area contributed by atoms with E-state index >= 15 is 0 Å². The fraction of sp³-hybridized carbons (Fsp3) is 0.412. The Morgan fingerprint density at radius 3 is 2.59 bits per heavy atom. The lowest BCUT2D eigenvalue weighted by Crippen LogP contribution is -2.21. The van der Waals surface area contributed by atoms with Crippen molar-refractivity contribution in [3.63, 3.8) is 0 Å². The number of ether oxygens (including phenoxy) is 1. The zero-order valence-corrected chi connectivity index (χ0v) is 13.2. The number of carbonyl (C=O) groups is 1. The lowest BCUT2D eigenvalue weighted by Gasteiger charge is -2.21. The maximum Gasteiger partial charge on any atom is 0.339 e. The van der Waals surface area contributed by atoms with Gasteiger partial charge in [0.25, 0.3) is 0 Å². The van der Waals surface area contributed by atoms with Gasteiger partial charge in [-0.1, -0.05) is 0 Å². The van der Waals surface area contributed by atoms with Crippen molar-refractivity contribution in [3.8, 4) is 0 Å². The van der Waals surface area contributed by atoms with Crippen molar-refractivity contribution in [2.24, 2.45) is 0 Å². The summed E-state index contributed by atoms with van der Waals surface area (Å²) in [7, 11) is 1.33. The first kappa shape index (κ1) is 16.1. The first-order valence-electron chi connectivity index (χ1n) is 7.47. The van der Waals surface area contributed by atoms with Crippen molar-refractivity contribution in [1.82, 2.24) is 0 Å². The molecule has 22 heavy (non-hydrogen) atoms. The number of esters is 1. The second-order valence-electron chi connectivity index (χ2n) is 5.03. The van der Waals surface area contributed by atoms with Gasteiger partial charge in [-0.15, -0.1) is 0 Å². The number of benzene rings is 1. The molecule has 0 aliphatic carbocycles. The van der Waals surface area contributed by atoms with Crippen molar-refractivity contribution in [2.45, 2.75) is 26.7 Å². The molecule has 118 valence electrons. The fourth-order valence-corrected chi connectivity index (χ4v) is 2.44. The minimum absolute atomic E-state index is 0.171. The molecule has 0 unspecified atom stereocenters. The zero-order chi connectivity index (χ0) is 16.1. The summed E-state index contributed by atoms with van der Waals surface area (Å²) in [6, 6.07) is 7.62. The van der Waals surface area contributed by atoms with Crippen LogP contribution in [-0.4, -0.2) is 26.2 Å². The highest BCUT2D eigenvalue weighted by Gasteiger charge is 2.10. The zero-order valence-electron chi connectivity index (χ0n) is 13.2. The third-order valence-electron chi connectivity index (χ3n) is 3.75. The molecule has 0 saturated heterocycles. The molecule has 0 aliphatic rings. The number of fused-ring (bicyclic) bond motifs is 1. The third-order valence-corrected chi connectivity index (χ3v) is 3.75. The van der Waals surface area contributed by atoms with Crippen LogP contribution in [0.15, 0.2) is 33.5 Å². The van der Waals surface area contributed by atoms with Crippen molar-refractivity contribution >= 4 is 22.6 Å². The number of hydrogen-bond donors (Lipinski definition) is 0. The molecular weight excluding hydrogens is 282 g/mol. The Morgan fingerprint density at radius 2 is 1.95 bits per heavy atom. The second kappa shape index (κ2) is 7.11. The minimum Gasteiger partial charge on any atom is -0.469 e. The van der Waals surface area contributed by atoms with Gasteiger partial charge in [0.15, 0.2) is 0 Å². The number of aryl methyl sites for hydroxylation is 1. The van der Waals surface area contributed by atoms with Crippen molar-refractivity contribution in [1.29, 1.82) is 0 Å². The highest BCUT2D eigenvalue weighted by atomic mass is 16.5. The van der Waals surface area contributed by atoms with Crippen molar-refractivity contribution < 1.29 is 13.9 Å². The topological polar surface area (TPSA) is 59.8 Å². The number of rotatable bonds is 6. The first-order valence-corrected chi connectivity index (χ1v) is 7.47. The molecule has 1 heterocycles. The standard InChI is InChI=1S/C17H21NO4/c1-4-18(5-2)14-8-6-12-10-13(7-9-16(19)21-3)17(20)22-15(12)11-14/h6,8,10-11H,4-5,7,9H2,1-3H3. The van der Waals surface area contributed by atoms with E-state index in [1.807, 2.05) is 18.2 Å². The van der Waals surface area contributed by atoms with Gasteiger partial charge in [-0.25, -0.2) is 4.79 Å². The Hall–Kier alpha value is -2.30. The van der Waals surface area contributed by atoms with E-state index in [0.717, 1.165) is 24.2 Å². The summed E-state index contributed by atoms with van der Waals surface area (Å²) in [6.45, 7) is 5.95. The van der Waals surface area contributed by atoms with E-state index in [9.17, 15) is 9.59 Å². The van der Waals surface area contributed by atoms with Crippen LogP contribution >= 0.6 is 0 Å². The lowest BCUT2D eigenvalue weighted by molar-refractivity contribution is -0.140. The number of nitrogens with zero attached hydrogens (tertiary/aromatic N) is 1. The van der Waals surface area contributed by atoms with Crippen LogP contribution in [0.5, 0.6) is 0 Å². The van der Waals surface area contributed by atoms with Crippen LogP contribution in [0, 0.1) is 0 Å². The summed E-state index contributed by atoms with van der Waals surface area (Å²) in [6.07, 6.45) is 0.493. The van der Waals surface area contributed by atoms with Gasteiger partial charge in [0, 0.05) is 42.2 Å². The van der Waals surface area contributed by atoms with Gasteiger partial charge >= 0.3 is 11.6 Å². The van der Waals surface area contributed by atoms with Crippen LogP contribution < -0.4 is 10.5 Å². The van der Waals surface area contributed by atoms with Crippen molar-refractivity contribution in [3.05, 3.63) is 40.2 Å². The van der Waals surface area contributed by atoms with Gasteiger partial charge in [-0.2, -0.15) is 0 Å². The van der Waals surface area contributed by atoms with Crippen LogP contribution in [-0.2, 0) is 16.0 Å². The number of hydrogen-bond acceptors (Lipinski definition) is 5. The van der Waals surface area contributed by atoms with Crippen LogP contribution in [0.4, 0.5) is 5.69 Å². The Bertz CT molecular complexity index is 716. The highest BCUT2D eigenvalue weighted by molar-refractivity contribution is 5.81. The van der Waals surface area contributed by atoms with Crippen LogP contribution in [0.3, 0.4) is 0 Å². The second-order valence-corrected chi connectivity index (χ2v) is 5.03. The molecule has 0 aliphatic heterocycles. The Morgan fingerprint density at radius 1 is 1.23 bits per heavy atom. The summed E-state index contributed by atoms with van der Waals surface area (Å²) in [4.78, 5) is 25.4. The van der Waals surface area contributed by atoms with Gasteiger partial charge in [0.1, 0.15) is 5.58 Å². The highest BCUT2D eigenvalue weighted by Crippen LogP contribution is 2.22. The van der Waals surface area contributed by atoms with Crippen molar-refractivity contribution in [2.75, 3.05) is 25.1 Å². The van der Waals surface area contributed by atoms with E-state index in [1.165, 1.54) is 7.11 Å². The average Bonchev–Trinajstić information content (AvgIpc) is 2.53. The number of carbonyl (C=O) groups excluding carboxylic acids is 1. The summed E-state index contributed by atoms with van der Waals surface area (Å²) < 4.78 is 9.99. The molecule has 1 aromatic carbocycles. The monoisotopic (exact) mass is 303 g/mol. The molecule has 5 nitrogen and oxygen atoms in total. The fourth-order valence-electron chi connectivity index (χ4n) is 2.44. The van der Waals surface area contributed by atoms with E-state index in [0.29, 0.717) is 17.6 Å². The van der Waals surface area contributed by atoms with Crippen LogP contribution in [0.2, 0.25) is 0 Å². The Kier molecular flexibility index (Phi) is 5.20. The van der Waals surface area contributed by atoms with Gasteiger partial charge in [-0.05, 0) is 38.5 Å². The molecule has 0 amide bonds. The Balaban J connectivity index is 2.33. The number of methoxy groups -OCH3 is 1. The quantitative estimate of drug-likeness (QED) is 0.606. The van der Waals surface area contributed by atoms with Crippen LogP contribution in [0.25, 0.3) is 11.0 Å². The molecule has 5 heteroatoms. The van der Waals surface area contributed by atoms with E-state index in [4.69, 9.17) is 4.42 Å². The first-order chi connectivity index (χ1) is 10.6. The van der Waals surface area contributed by atoms with E-state index in [-0.39, 0.29) is 12.4 Å². The van der Waals surface area contributed by atoms with Gasteiger partial charge in [-0.3, -0.25) is 4.79 Å². The molecule has 0 fully saturated rings. The predicted octanol–water partition coefficient (Wildman–Crippen LogP) is 2.74. The van der Waals surface area contributed by atoms with Gasteiger partial charge in [0.05, 0.1) is 7.11 Å². The minimum atomic E-state index is -0.395. The molecule has 1 aromatic heterocycles. The largest absolute Gasteiger partial charge is 0.469 e. The van der Waals surface area contributed by atoms with E-state index in [2.05, 4.69) is 23.5 Å². The average molecular weight is 303 g/mol. The summed E-state index contributed by atoms with van der Waals surface area (Å²) >= 11 is 0. The summed E-state index contributed by atoms with van der Waals surface area (Å²) in [5.74, 6) is -0.337. The molecule has 2 aromatic rings.